The van der Waals surface area contributed by atoms with Gasteiger partial charge in [0.25, 0.3) is 0 Å². The summed E-state index contributed by atoms with van der Waals surface area (Å²) in [6.07, 6.45) is 9.71. The van der Waals surface area contributed by atoms with Crippen molar-refractivity contribution < 1.29 is 13.1 Å². The Morgan fingerprint density at radius 1 is 0.818 bits per heavy atom. The van der Waals surface area contributed by atoms with Crippen molar-refractivity contribution in [2.45, 2.75) is 93.5 Å². The molecule has 0 amide bonds. The normalized spacial score (nSPS) is 28.8. The molecular weight excluding hydrogens is 518 g/mol. The van der Waals surface area contributed by atoms with Gasteiger partial charge in [0.2, 0.25) is 0 Å². The summed E-state index contributed by atoms with van der Waals surface area (Å²) in [5.41, 5.74) is 7.86. The average molecular weight is 554 g/mol. The predicted molar refractivity (Wildman–Crippen MR) is 138 cm³/mol. The van der Waals surface area contributed by atoms with Gasteiger partial charge in [-0.15, -0.1) is 24.9 Å². The van der Waals surface area contributed by atoms with Gasteiger partial charge in [-0.05, 0) is 12.1 Å². The van der Waals surface area contributed by atoms with E-state index in [1.165, 1.54) is 43.4 Å². The average Bonchev–Trinajstić information content (AvgIpc) is 2.84. The summed E-state index contributed by atoms with van der Waals surface area (Å²) in [4.78, 5) is 6.18. The molecule has 1 aliphatic heterocycles. The summed E-state index contributed by atoms with van der Waals surface area (Å²) in [7, 11) is 9.59. The molecule has 1 unspecified atom stereocenters. The Labute approximate surface area is 218 Å². The van der Waals surface area contributed by atoms with Crippen molar-refractivity contribution in [1.82, 2.24) is 4.98 Å². The minimum atomic E-state index is 0.00694. The van der Waals surface area contributed by atoms with Crippen LogP contribution < -0.4 is 5.73 Å². The maximum absolute atomic E-state index is 5.74. The second kappa shape index (κ2) is 16.2. The second-order valence-corrected chi connectivity index (χ2v) is 11.9. The molecule has 3 aliphatic rings. The topological polar surface area (TPSA) is 95.3 Å². The van der Waals surface area contributed by atoms with Crippen LogP contribution in [0.1, 0.15) is 62.8 Å². The first kappa shape index (κ1) is 28.0. The molecule has 2 aliphatic carbocycles. The Morgan fingerprint density at radius 2 is 1.24 bits per heavy atom. The van der Waals surface area contributed by atoms with Crippen LogP contribution in [0.2, 0.25) is 0 Å². The van der Waals surface area contributed by atoms with Crippen molar-refractivity contribution in [2.24, 2.45) is 5.73 Å². The van der Waals surface area contributed by atoms with Crippen molar-refractivity contribution >= 4 is 32.0 Å². The third kappa shape index (κ3) is 9.76. The summed E-state index contributed by atoms with van der Waals surface area (Å²) >= 11 is 1.81. The molecule has 6 nitrogen and oxygen atoms in total. The Kier molecular flexibility index (Phi) is 13.7. The Morgan fingerprint density at radius 3 is 1.67 bits per heavy atom. The molecule has 0 radical (unpaired) electrons. The zero-order valence-electron chi connectivity index (χ0n) is 19.2. The van der Waals surface area contributed by atoms with Gasteiger partial charge in [-0.2, -0.15) is 37.3 Å². The summed E-state index contributed by atoms with van der Waals surface area (Å²) in [5, 5.41) is 20.2. The van der Waals surface area contributed by atoms with E-state index in [1.807, 2.05) is 0 Å². The van der Waals surface area contributed by atoms with Gasteiger partial charge >= 0.3 is 33.3 Å². The molecule has 2 fully saturated rings. The molecule has 0 aromatic carbocycles. The number of nitrogens with zero attached hydrogens (tertiary/aromatic N) is 5. The first-order valence-electron chi connectivity index (χ1n) is 12.1. The van der Waals surface area contributed by atoms with Gasteiger partial charge in [0.15, 0.2) is 0 Å². The number of halogens is 2. The van der Waals surface area contributed by atoms with E-state index in [0.29, 0.717) is 43.8 Å². The van der Waals surface area contributed by atoms with Gasteiger partial charge < -0.3 is 27.0 Å². The zero-order valence-corrected chi connectivity index (χ0v) is 22.7. The third-order valence-electron chi connectivity index (χ3n) is 6.48. The van der Waals surface area contributed by atoms with Gasteiger partial charge in [-0.25, -0.2) is 0 Å². The van der Waals surface area contributed by atoms with Gasteiger partial charge in [0.1, 0.15) is 0 Å². The fourth-order valence-electron chi connectivity index (χ4n) is 4.95. The minimum absolute atomic E-state index is 0.00694. The van der Waals surface area contributed by atoms with Gasteiger partial charge in [0, 0.05) is 28.6 Å². The molecule has 0 saturated heterocycles. The van der Waals surface area contributed by atoms with E-state index < -0.39 is 0 Å². The monoisotopic (exact) mass is 553 g/mol. The van der Waals surface area contributed by atoms with Crippen LogP contribution in [0.5, 0.6) is 0 Å². The summed E-state index contributed by atoms with van der Waals surface area (Å²) in [6, 6.07) is 5.78. The Hall–Kier alpha value is 0.399. The second-order valence-electron chi connectivity index (χ2n) is 8.81. The van der Waals surface area contributed by atoms with Gasteiger partial charge in [-0.1, -0.05) is 51.4 Å². The number of fused-ring (bicyclic) bond motifs is 4. The number of pyridine rings is 1. The molecule has 2 N–H and O–H groups in total. The van der Waals surface area contributed by atoms with Crippen molar-refractivity contribution in [3.8, 4) is 0 Å². The number of nitrogens with two attached hydrogens (primary N) is 1. The van der Waals surface area contributed by atoms with Gasteiger partial charge in [-0.3, -0.25) is 4.98 Å². The maximum atomic E-state index is 5.74. The summed E-state index contributed by atoms with van der Waals surface area (Å²) < 4.78 is 0. The summed E-state index contributed by atoms with van der Waals surface area (Å²) in [5.74, 6) is 0.921. The van der Waals surface area contributed by atoms with Crippen LogP contribution >= 0.6 is 32.0 Å². The van der Waals surface area contributed by atoms with Crippen molar-refractivity contribution in [1.29, 1.82) is 0 Å². The van der Waals surface area contributed by atoms with E-state index in [1.54, 1.807) is 11.8 Å². The molecule has 1 aromatic heterocycles. The molecular formula is C23H36Cl2MnN6S-4. The first-order chi connectivity index (χ1) is 16.2. The van der Waals surface area contributed by atoms with E-state index >= 15 is 0 Å². The molecule has 2 saturated carbocycles. The quantitative estimate of drug-likeness (QED) is 0.335. The zero-order chi connectivity index (χ0) is 23.3. The van der Waals surface area contributed by atoms with Crippen LogP contribution in [-0.4, -0.2) is 54.5 Å². The Bertz CT molecular complexity index is 640. The van der Waals surface area contributed by atoms with Crippen LogP contribution in [0, 0.1) is 0 Å². The molecule has 1 aromatic rings. The number of aromatic nitrogens is 1. The number of rotatable bonds is 3. The fourth-order valence-corrected chi connectivity index (χ4v) is 5.74. The fraction of sp³-hybridized carbons (Fsp3) is 0.783. The van der Waals surface area contributed by atoms with Crippen molar-refractivity contribution in [3.05, 3.63) is 44.8 Å². The van der Waals surface area contributed by atoms with Crippen LogP contribution in [0.15, 0.2) is 17.0 Å². The molecule has 2 bridgehead atoms. The number of hydrogen-bond donors (Lipinski definition) is 1. The Balaban J connectivity index is 0.000000968. The molecule has 2 heterocycles. The van der Waals surface area contributed by atoms with Gasteiger partial charge in [0.05, 0.1) is 0 Å². The SMILES string of the molecule is NCCSc1cc2nc(c1)C[N-][C@@H]1CCCC[C@H]1[N-]CC[N-]C1CCCC[C@H]1[N-]C2.[Cl][Mn][Cl]. The summed E-state index contributed by atoms with van der Waals surface area (Å²) in [6.45, 7) is 3.72. The third-order valence-corrected chi connectivity index (χ3v) is 7.49. The van der Waals surface area contributed by atoms with E-state index in [-0.39, 0.29) is 13.1 Å². The van der Waals surface area contributed by atoms with E-state index in [0.717, 1.165) is 43.1 Å². The number of hydrogen-bond acceptors (Lipinski definition) is 3. The molecule has 10 heteroatoms. The predicted octanol–water partition coefficient (Wildman–Crippen LogP) is 6.64. The number of thioether (sulfide) groups is 1. The van der Waals surface area contributed by atoms with Crippen LogP contribution in [-0.2, 0) is 26.2 Å². The first-order valence-corrected chi connectivity index (χ1v) is 16.3. The van der Waals surface area contributed by atoms with Crippen molar-refractivity contribution in [3.63, 3.8) is 0 Å². The molecule has 4 rings (SSSR count). The van der Waals surface area contributed by atoms with Crippen LogP contribution in [0.3, 0.4) is 0 Å². The van der Waals surface area contributed by atoms with Crippen molar-refractivity contribution in [2.75, 3.05) is 25.4 Å². The standard InChI is InChI=1S/C23H36N6S.2ClH.Mn/c24-9-12-30-19-13-17-15-27-22-7-3-1-5-20(22)25-10-11-26-21-6-2-4-8-23(21)28-16-18(14-19)29-17;;;/h13-14,20-23H,1-12,15-16,24H2;2*1H;/q-4;;;+2/p-2/t20-,21?,22-,23-;;;/m1.../s1. The van der Waals surface area contributed by atoms with E-state index in [2.05, 4.69) is 12.1 Å². The van der Waals surface area contributed by atoms with Crippen LogP contribution in [0.4, 0.5) is 0 Å². The molecule has 189 valence electrons. The van der Waals surface area contributed by atoms with Crippen LogP contribution in [0.25, 0.3) is 21.3 Å². The van der Waals surface area contributed by atoms with E-state index in [9.17, 15) is 0 Å². The molecule has 33 heavy (non-hydrogen) atoms. The molecule has 4 atom stereocenters. The van der Waals surface area contributed by atoms with E-state index in [4.69, 9.17) is 52.2 Å². The molecule has 0 spiro atoms.